The van der Waals surface area contributed by atoms with E-state index in [4.69, 9.17) is 4.52 Å². The van der Waals surface area contributed by atoms with Gasteiger partial charge >= 0.3 is 6.18 Å². The number of nitrogens with one attached hydrogen (secondary N) is 1. The molecule has 144 valence electrons. The third kappa shape index (κ3) is 4.12. The number of halogens is 3. The van der Waals surface area contributed by atoms with Crippen molar-refractivity contribution in [1.82, 2.24) is 15.4 Å². The van der Waals surface area contributed by atoms with E-state index >= 15 is 0 Å². The number of alkyl halides is 3. The summed E-state index contributed by atoms with van der Waals surface area (Å²) in [6, 6.07) is 4.68. The second-order valence-electron chi connectivity index (χ2n) is 6.32. The molecule has 1 N–H and O–H groups in total. The predicted octanol–water partition coefficient (Wildman–Crippen LogP) is 2.79. The Morgan fingerprint density at radius 2 is 2.11 bits per heavy atom. The molecule has 1 aromatic carbocycles. The lowest BCUT2D eigenvalue weighted by atomic mass is 10.1. The van der Waals surface area contributed by atoms with Crippen LogP contribution in [-0.2, 0) is 23.9 Å². The maximum atomic E-state index is 13.1. The van der Waals surface area contributed by atoms with Gasteiger partial charge in [0, 0.05) is 25.9 Å². The standard InChI is InChI=1S/C18H18F3N3O3/c1-2-15-13(8-22-27-15)17(26)23-12-7-16(25)24(10-12)9-11-5-3-4-6-14(11)18(19,20)21/h3-6,8,12H,2,7,9-10H2,1H3,(H,23,26). The molecule has 2 aromatic rings. The number of hydrogen-bond donors (Lipinski definition) is 1. The van der Waals surface area contributed by atoms with Crippen LogP contribution >= 0.6 is 0 Å². The number of hydrogen-bond acceptors (Lipinski definition) is 4. The summed E-state index contributed by atoms with van der Waals surface area (Å²) in [7, 11) is 0. The van der Waals surface area contributed by atoms with E-state index in [1.807, 2.05) is 6.92 Å². The molecule has 1 atom stereocenters. The fourth-order valence-electron chi connectivity index (χ4n) is 3.13. The van der Waals surface area contributed by atoms with Gasteiger partial charge in [-0.15, -0.1) is 0 Å². The topological polar surface area (TPSA) is 75.4 Å². The molecule has 0 spiro atoms. The average Bonchev–Trinajstić information content (AvgIpc) is 3.21. The zero-order valence-electron chi connectivity index (χ0n) is 14.5. The Bertz CT molecular complexity index is 848. The SMILES string of the molecule is CCc1oncc1C(=O)NC1CC(=O)N(Cc2ccccc2C(F)(F)F)C1. The highest BCUT2D eigenvalue weighted by Gasteiger charge is 2.36. The molecular formula is C18H18F3N3O3. The minimum atomic E-state index is -4.49. The summed E-state index contributed by atoms with van der Waals surface area (Å²) >= 11 is 0. The quantitative estimate of drug-likeness (QED) is 0.864. The van der Waals surface area contributed by atoms with Gasteiger partial charge in [0.25, 0.3) is 5.91 Å². The Balaban J connectivity index is 1.67. The largest absolute Gasteiger partial charge is 0.416 e. The number of rotatable bonds is 5. The van der Waals surface area contributed by atoms with Crippen LogP contribution in [0, 0.1) is 0 Å². The van der Waals surface area contributed by atoms with Gasteiger partial charge in [0.05, 0.1) is 17.8 Å². The van der Waals surface area contributed by atoms with Gasteiger partial charge in [0.2, 0.25) is 5.91 Å². The molecule has 1 fully saturated rings. The van der Waals surface area contributed by atoms with Crippen LogP contribution in [0.3, 0.4) is 0 Å². The number of aryl methyl sites for hydroxylation is 1. The van der Waals surface area contributed by atoms with Crippen LogP contribution in [-0.4, -0.2) is 34.5 Å². The van der Waals surface area contributed by atoms with Crippen molar-refractivity contribution in [2.24, 2.45) is 0 Å². The maximum absolute atomic E-state index is 13.1. The Morgan fingerprint density at radius 3 is 2.81 bits per heavy atom. The Kier molecular flexibility index (Phi) is 5.20. The zero-order valence-corrected chi connectivity index (χ0v) is 14.5. The lowest BCUT2D eigenvalue weighted by Crippen LogP contribution is -2.37. The van der Waals surface area contributed by atoms with E-state index in [2.05, 4.69) is 10.5 Å². The smallest absolute Gasteiger partial charge is 0.361 e. The summed E-state index contributed by atoms with van der Waals surface area (Å²) in [5.74, 6) is -0.283. The first-order valence-corrected chi connectivity index (χ1v) is 8.47. The van der Waals surface area contributed by atoms with Crippen LogP contribution in [0.2, 0.25) is 0 Å². The fraction of sp³-hybridized carbons (Fsp3) is 0.389. The minimum Gasteiger partial charge on any atom is -0.361 e. The number of aromatic nitrogens is 1. The Labute approximate surface area is 153 Å². The van der Waals surface area contributed by atoms with E-state index in [1.165, 1.54) is 29.3 Å². The summed E-state index contributed by atoms with van der Waals surface area (Å²) < 4.78 is 44.3. The molecule has 0 radical (unpaired) electrons. The van der Waals surface area contributed by atoms with Crippen molar-refractivity contribution >= 4 is 11.8 Å². The normalized spacial score (nSPS) is 17.4. The molecule has 3 rings (SSSR count). The predicted molar refractivity (Wildman–Crippen MR) is 88.6 cm³/mol. The van der Waals surface area contributed by atoms with E-state index in [9.17, 15) is 22.8 Å². The molecular weight excluding hydrogens is 363 g/mol. The molecule has 1 aromatic heterocycles. The number of benzene rings is 1. The van der Waals surface area contributed by atoms with Crippen molar-refractivity contribution < 1.29 is 27.3 Å². The molecule has 1 saturated heterocycles. The van der Waals surface area contributed by atoms with Gasteiger partial charge < -0.3 is 14.7 Å². The van der Waals surface area contributed by atoms with Crippen LogP contribution in [0.5, 0.6) is 0 Å². The second kappa shape index (κ2) is 7.42. The maximum Gasteiger partial charge on any atom is 0.416 e. The first-order chi connectivity index (χ1) is 12.8. The monoisotopic (exact) mass is 381 g/mol. The van der Waals surface area contributed by atoms with Gasteiger partial charge in [0.1, 0.15) is 11.3 Å². The Morgan fingerprint density at radius 1 is 1.37 bits per heavy atom. The molecule has 1 aliphatic rings. The highest BCUT2D eigenvalue weighted by molar-refractivity contribution is 5.95. The van der Waals surface area contributed by atoms with Crippen LogP contribution in [0.1, 0.15) is 40.6 Å². The van der Waals surface area contributed by atoms with Crippen LogP contribution in [0.4, 0.5) is 13.2 Å². The molecule has 27 heavy (non-hydrogen) atoms. The number of carbonyl (C=O) groups excluding carboxylic acids is 2. The van der Waals surface area contributed by atoms with E-state index < -0.39 is 23.7 Å². The first kappa shape index (κ1) is 18.9. The molecule has 0 saturated carbocycles. The third-order valence-corrected chi connectivity index (χ3v) is 4.44. The zero-order chi connectivity index (χ0) is 19.6. The summed E-state index contributed by atoms with van der Waals surface area (Å²) in [6.45, 7) is 1.80. The van der Waals surface area contributed by atoms with E-state index in [-0.39, 0.29) is 31.0 Å². The summed E-state index contributed by atoms with van der Waals surface area (Å²) in [5.41, 5.74) is -0.439. The van der Waals surface area contributed by atoms with Crippen LogP contribution in [0.25, 0.3) is 0 Å². The Hall–Kier alpha value is -2.84. The number of amides is 2. The van der Waals surface area contributed by atoms with E-state index in [1.54, 1.807) is 0 Å². The fourth-order valence-corrected chi connectivity index (χ4v) is 3.13. The highest BCUT2D eigenvalue weighted by Crippen LogP contribution is 2.32. The third-order valence-electron chi connectivity index (χ3n) is 4.44. The summed E-state index contributed by atoms with van der Waals surface area (Å²) in [5, 5.41) is 6.31. The van der Waals surface area contributed by atoms with Crippen molar-refractivity contribution in [3.05, 3.63) is 52.9 Å². The second-order valence-corrected chi connectivity index (χ2v) is 6.32. The molecule has 1 unspecified atom stereocenters. The number of carbonyl (C=O) groups is 2. The van der Waals surface area contributed by atoms with Gasteiger partial charge in [-0.1, -0.05) is 30.3 Å². The van der Waals surface area contributed by atoms with Crippen molar-refractivity contribution in [2.45, 2.75) is 38.5 Å². The van der Waals surface area contributed by atoms with Gasteiger partial charge in [-0.25, -0.2) is 0 Å². The van der Waals surface area contributed by atoms with Gasteiger partial charge in [-0.05, 0) is 11.6 Å². The van der Waals surface area contributed by atoms with Crippen molar-refractivity contribution in [3.8, 4) is 0 Å². The first-order valence-electron chi connectivity index (χ1n) is 8.47. The summed E-state index contributed by atoms with van der Waals surface area (Å²) in [4.78, 5) is 25.8. The van der Waals surface area contributed by atoms with Crippen LogP contribution < -0.4 is 5.32 Å². The lowest BCUT2D eigenvalue weighted by Gasteiger charge is -2.20. The van der Waals surface area contributed by atoms with Crippen molar-refractivity contribution in [1.29, 1.82) is 0 Å². The highest BCUT2D eigenvalue weighted by atomic mass is 19.4. The molecule has 2 heterocycles. The van der Waals surface area contributed by atoms with Gasteiger partial charge in [0.15, 0.2) is 0 Å². The van der Waals surface area contributed by atoms with Gasteiger partial charge in [-0.3, -0.25) is 9.59 Å². The lowest BCUT2D eigenvalue weighted by molar-refractivity contribution is -0.139. The molecule has 9 heteroatoms. The minimum absolute atomic E-state index is 0.0256. The molecule has 6 nitrogen and oxygen atoms in total. The van der Waals surface area contributed by atoms with Crippen LogP contribution in [0.15, 0.2) is 35.0 Å². The molecule has 0 aliphatic carbocycles. The molecule has 0 bridgehead atoms. The van der Waals surface area contributed by atoms with Crippen molar-refractivity contribution in [2.75, 3.05) is 6.54 Å². The van der Waals surface area contributed by atoms with Gasteiger partial charge in [-0.2, -0.15) is 13.2 Å². The molecule has 2 amide bonds. The molecule has 1 aliphatic heterocycles. The number of likely N-dealkylation sites (tertiary alicyclic amines) is 1. The summed E-state index contributed by atoms with van der Waals surface area (Å²) in [6.07, 6.45) is -2.65. The number of nitrogens with zero attached hydrogens (tertiary/aromatic N) is 2. The van der Waals surface area contributed by atoms with Crippen molar-refractivity contribution in [3.63, 3.8) is 0 Å². The average molecular weight is 381 g/mol. The van der Waals surface area contributed by atoms with E-state index in [0.717, 1.165) is 6.07 Å². The van der Waals surface area contributed by atoms with E-state index in [0.29, 0.717) is 17.7 Å².